The average Bonchev–Trinajstić information content (AvgIpc) is 3.27. The molecule has 3 rings (SSSR count). The number of carbonyl (C=O) groups is 2. The first-order valence-corrected chi connectivity index (χ1v) is 11.5. The van der Waals surface area contributed by atoms with E-state index in [1.807, 2.05) is 0 Å². The van der Waals surface area contributed by atoms with Gasteiger partial charge in [0.25, 0.3) is 5.91 Å². The van der Waals surface area contributed by atoms with Crippen LogP contribution in [0.15, 0.2) is 47.4 Å². The molecular formula is C19H18Cl3N3O4S. The minimum Gasteiger partial charge on any atom is -0.352 e. The maximum absolute atomic E-state index is 12.4. The van der Waals surface area contributed by atoms with Crippen molar-refractivity contribution in [1.29, 1.82) is 0 Å². The minimum absolute atomic E-state index is 0.00733. The van der Waals surface area contributed by atoms with Crippen LogP contribution in [0.1, 0.15) is 22.3 Å². The van der Waals surface area contributed by atoms with Crippen LogP contribution < -0.4 is 15.8 Å². The van der Waals surface area contributed by atoms with E-state index >= 15 is 0 Å². The Balaban J connectivity index is 1.75. The lowest BCUT2D eigenvalue weighted by atomic mass is 10.1. The Labute approximate surface area is 188 Å². The van der Waals surface area contributed by atoms with E-state index in [9.17, 15) is 18.0 Å². The molecule has 2 aromatic rings. The highest BCUT2D eigenvalue weighted by molar-refractivity contribution is 7.89. The van der Waals surface area contributed by atoms with Crippen LogP contribution in [0.5, 0.6) is 0 Å². The van der Waals surface area contributed by atoms with Crippen molar-refractivity contribution >= 4 is 62.3 Å². The first-order chi connectivity index (χ1) is 14.0. The molecule has 1 aliphatic carbocycles. The van der Waals surface area contributed by atoms with Crippen molar-refractivity contribution in [2.24, 2.45) is 11.1 Å². The van der Waals surface area contributed by atoms with Crippen LogP contribution in [0.25, 0.3) is 0 Å². The Bertz CT molecular complexity index is 1110. The summed E-state index contributed by atoms with van der Waals surface area (Å²) in [5.41, 5.74) is 0.654. The summed E-state index contributed by atoms with van der Waals surface area (Å²) in [6.45, 7) is 0.201. The van der Waals surface area contributed by atoms with Gasteiger partial charge in [0, 0.05) is 23.2 Å². The summed E-state index contributed by atoms with van der Waals surface area (Å²) in [5.74, 6) is -1.15. The SMILES string of the molecule is NS(=O)(=O)c1cc(NC(=O)Cc2ccccc2Cl)ccc1C(=O)NCC1CC1(Cl)Cl. The van der Waals surface area contributed by atoms with Crippen molar-refractivity contribution in [2.75, 3.05) is 11.9 Å². The standard InChI is InChI=1S/C19H18Cl3N3O4S/c20-15-4-2-1-3-11(15)7-17(26)25-13-5-6-14(16(8-13)30(23,28)29)18(27)24-10-12-9-19(12,21)22/h1-6,8,12H,7,9-10H2,(H,24,27)(H,25,26)(H2,23,28,29). The Kier molecular flexibility index (Phi) is 6.64. The van der Waals surface area contributed by atoms with Gasteiger partial charge in [-0.3, -0.25) is 9.59 Å². The maximum atomic E-state index is 12.4. The second-order valence-electron chi connectivity index (χ2n) is 6.94. The number of primary sulfonamides is 1. The molecule has 30 heavy (non-hydrogen) atoms. The lowest BCUT2D eigenvalue weighted by molar-refractivity contribution is -0.115. The third kappa shape index (κ3) is 5.65. The summed E-state index contributed by atoms with van der Waals surface area (Å²) < 4.78 is 23.2. The summed E-state index contributed by atoms with van der Waals surface area (Å²) in [6.07, 6.45) is 0.529. The second-order valence-corrected chi connectivity index (χ2v) is 10.4. The van der Waals surface area contributed by atoms with Crippen LogP contribution >= 0.6 is 34.8 Å². The van der Waals surface area contributed by atoms with Crippen molar-refractivity contribution in [2.45, 2.75) is 22.1 Å². The number of hydrogen-bond acceptors (Lipinski definition) is 4. The van der Waals surface area contributed by atoms with Gasteiger partial charge in [0.2, 0.25) is 15.9 Å². The van der Waals surface area contributed by atoms with Gasteiger partial charge in [-0.2, -0.15) is 0 Å². The lowest BCUT2D eigenvalue weighted by Gasteiger charge is -2.12. The molecule has 1 saturated carbocycles. The fraction of sp³-hybridized carbons (Fsp3) is 0.263. The zero-order valence-corrected chi connectivity index (χ0v) is 18.6. The van der Waals surface area contributed by atoms with Gasteiger partial charge in [0.15, 0.2) is 0 Å². The van der Waals surface area contributed by atoms with Gasteiger partial charge in [-0.15, -0.1) is 23.2 Å². The number of carbonyl (C=O) groups excluding carboxylic acids is 2. The molecule has 0 aliphatic heterocycles. The molecule has 2 amide bonds. The quantitative estimate of drug-likeness (QED) is 0.517. The molecular weight excluding hydrogens is 473 g/mol. The zero-order chi connectivity index (χ0) is 22.1. The van der Waals surface area contributed by atoms with Crippen molar-refractivity contribution in [3.63, 3.8) is 0 Å². The molecule has 2 aromatic carbocycles. The smallest absolute Gasteiger partial charge is 0.252 e. The molecule has 4 N–H and O–H groups in total. The van der Waals surface area contributed by atoms with Gasteiger partial charge in [0.1, 0.15) is 4.33 Å². The second kappa shape index (κ2) is 8.72. The molecule has 7 nitrogen and oxygen atoms in total. The maximum Gasteiger partial charge on any atom is 0.252 e. The number of nitrogens with one attached hydrogen (secondary N) is 2. The van der Waals surface area contributed by atoms with Gasteiger partial charge < -0.3 is 10.6 Å². The van der Waals surface area contributed by atoms with Crippen LogP contribution in [0.4, 0.5) is 5.69 Å². The molecule has 160 valence electrons. The van der Waals surface area contributed by atoms with E-state index in [1.165, 1.54) is 12.1 Å². The number of hydrogen-bond donors (Lipinski definition) is 3. The van der Waals surface area contributed by atoms with Crippen LogP contribution in [-0.2, 0) is 21.2 Å². The molecule has 0 aromatic heterocycles. The number of amides is 2. The number of nitrogens with two attached hydrogens (primary N) is 1. The van der Waals surface area contributed by atoms with Crippen molar-refractivity contribution in [3.05, 3.63) is 58.6 Å². The van der Waals surface area contributed by atoms with Crippen LogP contribution in [-0.4, -0.2) is 31.1 Å². The van der Waals surface area contributed by atoms with Crippen molar-refractivity contribution < 1.29 is 18.0 Å². The largest absolute Gasteiger partial charge is 0.352 e. The molecule has 0 radical (unpaired) electrons. The van der Waals surface area contributed by atoms with Crippen molar-refractivity contribution in [3.8, 4) is 0 Å². The number of halogens is 3. The van der Waals surface area contributed by atoms with E-state index in [-0.39, 0.29) is 30.1 Å². The summed E-state index contributed by atoms with van der Waals surface area (Å²) in [7, 11) is -4.23. The number of anilines is 1. The fourth-order valence-corrected chi connectivity index (χ4v) is 4.33. The van der Waals surface area contributed by atoms with E-state index in [2.05, 4.69) is 10.6 Å². The fourth-order valence-electron chi connectivity index (χ4n) is 2.85. The first kappa shape index (κ1) is 22.8. The summed E-state index contributed by atoms with van der Waals surface area (Å²) >= 11 is 17.9. The molecule has 0 saturated heterocycles. The number of alkyl halides is 2. The van der Waals surface area contributed by atoms with Gasteiger partial charge in [0.05, 0.1) is 16.9 Å². The summed E-state index contributed by atoms with van der Waals surface area (Å²) in [5, 5.41) is 10.9. The Morgan fingerprint density at radius 2 is 1.83 bits per heavy atom. The molecule has 0 spiro atoms. The number of sulfonamides is 1. The predicted octanol–water partition coefficient (Wildman–Crippen LogP) is 3.09. The van der Waals surface area contributed by atoms with Gasteiger partial charge in [-0.05, 0) is 36.2 Å². The van der Waals surface area contributed by atoms with E-state index in [4.69, 9.17) is 39.9 Å². The van der Waals surface area contributed by atoms with Gasteiger partial charge in [-0.25, -0.2) is 13.6 Å². The van der Waals surface area contributed by atoms with Crippen LogP contribution in [0.3, 0.4) is 0 Å². The van der Waals surface area contributed by atoms with Crippen molar-refractivity contribution in [1.82, 2.24) is 5.32 Å². The topological polar surface area (TPSA) is 118 Å². The average molecular weight is 491 g/mol. The molecule has 0 bridgehead atoms. The van der Waals surface area contributed by atoms with E-state index in [0.717, 1.165) is 6.07 Å². The highest BCUT2D eigenvalue weighted by Gasteiger charge is 2.51. The zero-order valence-electron chi connectivity index (χ0n) is 15.5. The van der Waals surface area contributed by atoms with Crippen LogP contribution in [0, 0.1) is 5.92 Å². The third-order valence-electron chi connectivity index (χ3n) is 4.59. The van der Waals surface area contributed by atoms with E-state index in [0.29, 0.717) is 17.0 Å². The highest BCUT2D eigenvalue weighted by atomic mass is 35.5. The number of rotatable bonds is 7. The normalized spacial score (nSPS) is 17.3. The third-order valence-corrected chi connectivity index (χ3v) is 6.84. The Hall–Kier alpha value is -1.84. The van der Waals surface area contributed by atoms with E-state index < -0.39 is 31.1 Å². The summed E-state index contributed by atoms with van der Waals surface area (Å²) in [6, 6.07) is 10.7. The minimum atomic E-state index is -4.23. The predicted molar refractivity (Wildman–Crippen MR) is 116 cm³/mol. The Morgan fingerprint density at radius 1 is 1.17 bits per heavy atom. The van der Waals surface area contributed by atoms with E-state index in [1.54, 1.807) is 24.3 Å². The molecule has 1 atom stereocenters. The van der Waals surface area contributed by atoms with Crippen LogP contribution in [0.2, 0.25) is 5.02 Å². The first-order valence-electron chi connectivity index (χ1n) is 8.83. The highest BCUT2D eigenvalue weighted by Crippen LogP contribution is 2.52. The molecule has 1 unspecified atom stereocenters. The molecule has 1 aliphatic rings. The lowest BCUT2D eigenvalue weighted by Crippen LogP contribution is -2.29. The monoisotopic (exact) mass is 489 g/mol. The molecule has 11 heteroatoms. The molecule has 1 fully saturated rings. The molecule has 0 heterocycles. The van der Waals surface area contributed by atoms with Gasteiger partial charge >= 0.3 is 0 Å². The number of benzene rings is 2. The Morgan fingerprint density at radius 3 is 2.43 bits per heavy atom. The van der Waals surface area contributed by atoms with Gasteiger partial charge in [-0.1, -0.05) is 29.8 Å². The summed E-state index contributed by atoms with van der Waals surface area (Å²) in [4.78, 5) is 24.3.